The van der Waals surface area contributed by atoms with Crippen molar-refractivity contribution < 1.29 is 34.1 Å². The first-order chi connectivity index (χ1) is 10.7. The summed E-state index contributed by atoms with van der Waals surface area (Å²) < 4.78 is 20.3. The standard InChI is InChI=1S/C7H7NO4.C3H6BNO2.CH4.BHO.H2N/c1-2-7(11)12-8-5(9)3-4-6(8)10;1-2-3(6)5-4-7;;1-2;/h2H,1,3-4H2;2,4,7H,1H2,(H,5,6);1H4;1H;1H2/q;;;;-1/p-1/i;4D;;1D;. The normalized spacial score (nSPS) is 12.9. The number of nitrogens with two attached hydrogens (primary N) is 1. The van der Waals surface area contributed by atoms with E-state index in [9.17, 15) is 19.5 Å². The quantitative estimate of drug-likeness (QED) is 0.216. The van der Waals surface area contributed by atoms with Gasteiger partial charge in [-0.1, -0.05) is 26.7 Å². The number of hydrogen-bond donors (Lipinski definition) is 1. The maximum Gasteiger partial charge on any atom is -0.693 e. The molecule has 0 aromatic heterocycles. The number of amides is 2. The SMILES string of the molecule is C.C=CC(=O)ON1C(=O)CCC1=O.[2H]B(O)N=C([O-])C=C.[2H]B=O.[NH2-]. The molecule has 3 N–H and O–H groups in total. The fourth-order valence-electron chi connectivity index (χ4n) is 0.895. The van der Waals surface area contributed by atoms with E-state index in [1.165, 1.54) is 0 Å². The van der Waals surface area contributed by atoms with E-state index in [0.29, 0.717) is 5.06 Å². The molecule has 128 valence electrons. The molecule has 23 heavy (non-hydrogen) atoms. The monoisotopic (exact) mass is 329 g/mol. The van der Waals surface area contributed by atoms with Gasteiger partial charge < -0.3 is 26.0 Å². The Morgan fingerprint density at radius 2 is 1.91 bits per heavy atom. The number of nitrogens with zero attached hydrogens (tertiary/aromatic N) is 2. The molecule has 1 heterocycles. The summed E-state index contributed by atoms with van der Waals surface area (Å²) in [5.74, 6) is -2.46. The largest absolute Gasteiger partial charge is 0.693 e. The molecular formula is C11H19B2N3O7-2. The molecule has 0 radical (unpaired) electrons. The fourth-order valence-corrected chi connectivity index (χ4v) is 0.895. The minimum absolute atomic E-state index is 0. The molecule has 1 aliphatic rings. The Bertz CT molecular complexity index is 488. The van der Waals surface area contributed by atoms with Crippen LogP contribution in [0.2, 0.25) is 0 Å². The number of carbonyl (C=O) groups excluding carboxylic acids is 3. The van der Waals surface area contributed by atoms with Crippen LogP contribution in [0.1, 0.15) is 20.3 Å². The van der Waals surface area contributed by atoms with Gasteiger partial charge in [0.25, 0.3) is 11.8 Å². The van der Waals surface area contributed by atoms with E-state index < -0.39 is 31.3 Å². The van der Waals surface area contributed by atoms with Crippen molar-refractivity contribution in [2.75, 3.05) is 0 Å². The molecule has 0 aliphatic carbocycles. The topological polar surface area (TPSA) is 170 Å². The number of hydroxylamine groups is 2. The van der Waals surface area contributed by atoms with Gasteiger partial charge in [-0.25, -0.2) is 4.79 Å². The smallest absolute Gasteiger partial charge is 0.693 e. The third-order valence-corrected chi connectivity index (χ3v) is 1.71. The number of carbonyl (C=O) groups is 3. The van der Waals surface area contributed by atoms with Crippen molar-refractivity contribution in [1.29, 1.82) is 2.67 Å². The molecule has 1 fully saturated rings. The first-order valence-electron chi connectivity index (χ1n) is 6.38. The Balaban J connectivity index is -0.000000150. The van der Waals surface area contributed by atoms with Crippen molar-refractivity contribution in [3.63, 3.8) is 0 Å². The first kappa shape index (κ1) is 22.7. The molecule has 12 heteroatoms. The van der Waals surface area contributed by atoms with Gasteiger partial charge in [-0.05, 0) is 5.90 Å². The molecule has 0 saturated carbocycles. The second-order valence-corrected chi connectivity index (χ2v) is 2.98. The van der Waals surface area contributed by atoms with Crippen LogP contribution < -0.4 is 5.11 Å². The van der Waals surface area contributed by atoms with Crippen molar-refractivity contribution in [3.05, 3.63) is 31.5 Å². The van der Waals surface area contributed by atoms with Gasteiger partial charge in [0.1, 0.15) is 0 Å². The van der Waals surface area contributed by atoms with Crippen LogP contribution in [0.3, 0.4) is 0 Å². The Morgan fingerprint density at radius 3 is 2.17 bits per heavy atom. The van der Waals surface area contributed by atoms with Crippen LogP contribution in [0.4, 0.5) is 0 Å². The average Bonchev–Trinajstić information content (AvgIpc) is 2.79. The van der Waals surface area contributed by atoms with Crippen LogP contribution >= 0.6 is 0 Å². The van der Waals surface area contributed by atoms with Gasteiger partial charge >= 0.3 is 27.3 Å². The third kappa shape index (κ3) is 12.8. The maximum absolute atomic E-state index is 10.8. The minimum Gasteiger partial charge on any atom is -0.693 e. The summed E-state index contributed by atoms with van der Waals surface area (Å²) in [6, 6.07) is 0. The van der Waals surface area contributed by atoms with Crippen molar-refractivity contribution >= 4 is 38.9 Å². The summed E-state index contributed by atoms with van der Waals surface area (Å²) in [7, 11) is -1.67. The van der Waals surface area contributed by atoms with Crippen LogP contribution in [-0.2, 0) is 23.9 Å². The van der Waals surface area contributed by atoms with Gasteiger partial charge in [-0.2, -0.15) is 0 Å². The van der Waals surface area contributed by atoms with Gasteiger partial charge in [0.15, 0.2) is 0 Å². The van der Waals surface area contributed by atoms with Crippen LogP contribution in [0.25, 0.3) is 6.15 Å². The Morgan fingerprint density at radius 1 is 1.48 bits per heavy atom. The number of imide groups is 1. The molecule has 1 saturated heterocycles. The van der Waals surface area contributed by atoms with Crippen molar-refractivity contribution in [1.82, 2.24) is 5.06 Å². The molecule has 1 rings (SSSR count). The van der Waals surface area contributed by atoms with Crippen LogP contribution in [0, 0.1) is 0 Å². The summed E-state index contributed by atoms with van der Waals surface area (Å²) in [6.07, 6.45) is 2.02. The van der Waals surface area contributed by atoms with E-state index >= 15 is 0 Å². The molecule has 0 aromatic carbocycles. The molecule has 0 unspecified atom stereocenters. The predicted molar refractivity (Wildman–Crippen MR) is 84.2 cm³/mol. The zero-order valence-corrected chi connectivity index (χ0v) is 11.5. The average molecular weight is 329 g/mol. The van der Waals surface area contributed by atoms with Crippen molar-refractivity contribution in [3.8, 4) is 0 Å². The number of rotatable bonds is 4. The Kier molecular flexibility index (Phi) is 17.2. The molecule has 0 aromatic rings. The summed E-state index contributed by atoms with van der Waals surface area (Å²) in [6.45, 7) is 6.20. The number of hydrogen-bond acceptors (Lipinski definition) is 8. The Labute approximate surface area is 138 Å². The molecule has 0 bridgehead atoms. The van der Waals surface area contributed by atoms with E-state index in [1.807, 2.05) is 0 Å². The second-order valence-electron chi connectivity index (χ2n) is 2.98. The molecule has 1 aliphatic heterocycles. The molecule has 2 amide bonds. The molecular weight excluding hydrogens is 308 g/mol. The summed E-state index contributed by atoms with van der Waals surface area (Å²) in [4.78, 5) is 39.5. The predicted octanol–water partition coefficient (Wildman–Crippen LogP) is -1.44. The van der Waals surface area contributed by atoms with Gasteiger partial charge in [-0.3, -0.25) is 9.59 Å². The summed E-state index contributed by atoms with van der Waals surface area (Å²) in [5, 5.41) is 18.6. The van der Waals surface area contributed by atoms with Crippen LogP contribution in [-0.4, -0.2) is 51.7 Å². The zero-order valence-electron chi connectivity index (χ0n) is 13.5. The van der Waals surface area contributed by atoms with E-state index in [2.05, 4.69) is 22.9 Å². The van der Waals surface area contributed by atoms with E-state index in [0.717, 1.165) is 12.2 Å². The van der Waals surface area contributed by atoms with Gasteiger partial charge in [0, 0.05) is 20.3 Å². The van der Waals surface area contributed by atoms with Crippen molar-refractivity contribution in [2.24, 2.45) is 4.90 Å². The van der Waals surface area contributed by atoms with Crippen molar-refractivity contribution in [2.45, 2.75) is 20.3 Å². The van der Waals surface area contributed by atoms with Gasteiger partial charge in [-0.15, -0.1) is 5.06 Å². The van der Waals surface area contributed by atoms with Crippen LogP contribution in [0.5, 0.6) is 0 Å². The van der Waals surface area contributed by atoms with Crippen LogP contribution in [0.15, 0.2) is 30.2 Å². The minimum atomic E-state index is -1.67. The second kappa shape index (κ2) is 17.5. The fraction of sp³-hybridized carbons (Fsp3) is 0.273. The zero-order chi connectivity index (χ0) is 18.4. The first-order valence-corrected chi connectivity index (χ1v) is 5.23. The van der Waals surface area contributed by atoms with E-state index in [1.54, 1.807) is 0 Å². The van der Waals surface area contributed by atoms with E-state index in [-0.39, 0.29) is 34.1 Å². The molecule has 0 spiro atoms. The summed E-state index contributed by atoms with van der Waals surface area (Å²) >= 11 is 0. The van der Waals surface area contributed by atoms with Gasteiger partial charge in [0.2, 0.25) is 0 Å². The maximum atomic E-state index is 10.8. The molecule has 0 atom stereocenters. The van der Waals surface area contributed by atoms with Gasteiger partial charge in [0.05, 0.1) is 0 Å². The van der Waals surface area contributed by atoms with E-state index in [4.69, 9.17) is 12.4 Å². The summed E-state index contributed by atoms with van der Waals surface area (Å²) in [5.41, 5.74) is 0. The Hall–Kier alpha value is -2.59. The third-order valence-electron chi connectivity index (χ3n) is 1.71. The molecule has 10 nitrogen and oxygen atoms in total.